The third kappa shape index (κ3) is 5.61. The number of rotatable bonds is 6. The summed E-state index contributed by atoms with van der Waals surface area (Å²) in [5.41, 5.74) is 2.18. The summed E-state index contributed by atoms with van der Waals surface area (Å²) in [5, 5.41) is 4.16. The minimum atomic E-state index is -0.305. The number of aromatic nitrogens is 1. The molecule has 2 aromatic carbocycles. The predicted octanol–water partition coefficient (Wildman–Crippen LogP) is 4.55. The molecule has 0 aliphatic carbocycles. The summed E-state index contributed by atoms with van der Waals surface area (Å²) >= 11 is 11.8. The number of carbonyl (C=O) groups is 1. The highest BCUT2D eigenvalue weighted by Gasteiger charge is 2.20. The molecule has 0 radical (unpaired) electrons. The zero-order chi connectivity index (χ0) is 20.9. The number of hydrogen-bond donors (Lipinski definition) is 1. The molecule has 1 aromatic heterocycles. The van der Waals surface area contributed by atoms with Gasteiger partial charge in [-0.15, -0.1) is 0 Å². The van der Waals surface area contributed by atoms with Gasteiger partial charge in [-0.1, -0.05) is 35.3 Å². The number of hydrogen-bond acceptors (Lipinski definition) is 5. The number of benzene rings is 2. The molecule has 3 aromatic rings. The first-order valence-corrected chi connectivity index (χ1v) is 10.5. The van der Waals surface area contributed by atoms with Crippen molar-refractivity contribution in [2.24, 2.45) is 0 Å². The van der Waals surface area contributed by atoms with Crippen molar-refractivity contribution in [3.05, 3.63) is 82.0 Å². The quantitative estimate of drug-likeness (QED) is 0.603. The molecule has 4 rings (SSSR count). The maximum absolute atomic E-state index is 12.3. The van der Waals surface area contributed by atoms with Gasteiger partial charge in [-0.05, 0) is 42.0 Å². The molecule has 2 heterocycles. The van der Waals surface area contributed by atoms with E-state index in [0.29, 0.717) is 23.1 Å². The lowest BCUT2D eigenvalue weighted by Gasteiger charge is -2.34. The maximum atomic E-state index is 12.3. The molecule has 0 unspecified atom stereocenters. The number of oxazole rings is 1. The summed E-state index contributed by atoms with van der Waals surface area (Å²) in [6, 6.07) is 14.9. The molecule has 0 saturated carbocycles. The fourth-order valence-electron chi connectivity index (χ4n) is 3.36. The van der Waals surface area contributed by atoms with Gasteiger partial charge in [0.15, 0.2) is 5.69 Å². The van der Waals surface area contributed by atoms with E-state index >= 15 is 0 Å². The second kappa shape index (κ2) is 9.62. The number of carbonyl (C=O) groups excluding carboxylic acids is 1. The second-order valence-corrected chi connectivity index (χ2v) is 8.14. The van der Waals surface area contributed by atoms with E-state index in [1.165, 1.54) is 11.8 Å². The molecule has 1 amide bonds. The highest BCUT2D eigenvalue weighted by molar-refractivity contribution is 6.30. The Bertz CT molecular complexity index is 981. The number of anilines is 1. The topological polar surface area (TPSA) is 61.6 Å². The lowest BCUT2D eigenvalue weighted by Crippen LogP contribution is -2.45. The molecule has 0 spiro atoms. The highest BCUT2D eigenvalue weighted by Crippen LogP contribution is 2.16. The molecule has 1 N–H and O–H groups in total. The Morgan fingerprint density at radius 2 is 1.47 bits per heavy atom. The minimum absolute atomic E-state index is 0.265. The zero-order valence-corrected chi connectivity index (χ0v) is 17.9. The van der Waals surface area contributed by atoms with Crippen molar-refractivity contribution in [1.29, 1.82) is 0 Å². The Hall–Kier alpha value is -2.38. The van der Waals surface area contributed by atoms with Crippen LogP contribution in [0.15, 0.2) is 59.2 Å². The normalized spacial score (nSPS) is 15.3. The van der Waals surface area contributed by atoms with Gasteiger partial charge in [0.05, 0.1) is 6.54 Å². The molecule has 1 fully saturated rings. The van der Waals surface area contributed by atoms with Crippen molar-refractivity contribution in [1.82, 2.24) is 14.8 Å². The molecular formula is C22H22Cl2N4O2. The van der Waals surface area contributed by atoms with Crippen LogP contribution in [0.25, 0.3) is 0 Å². The van der Waals surface area contributed by atoms with E-state index in [9.17, 15) is 4.79 Å². The zero-order valence-electron chi connectivity index (χ0n) is 16.4. The standard InChI is InChI=1S/C22H22Cl2N4O2/c23-17-3-1-16(2-4-17)13-27-9-11-28(12-10-27)14-21-26-20(15-30-21)22(29)25-19-7-5-18(24)6-8-19/h1-8,15H,9-14H2,(H,25,29). The van der Waals surface area contributed by atoms with Gasteiger partial charge >= 0.3 is 0 Å². The van der Waals surface area contributed by atoms with Crippen LogP contribution in [0.2, 0.25) is 10.0 Å². The third-order valence-electron chi connectivity index (χ3n) is 5.03. The Morgan fingerprint density at radius 3 is 2.10 bits per heavy atom. The van der Waals surface area contributed by atoms with Gasteiger partial charge < -0.3 is 9.73 Å². The summed E-state index contributed by atoms with van der Waals surface area (Å²) in [5.74, 6) is 0.238. The monoisotopic (exact) mass is 444 g/mol. The average molecular weight is 445 g/mol. The summed E-state index contributed by atoms with van der Waals surface area (Å²) in [4.78, 5) is 21.4. The van der Waals surface area contributed by atoms with Crippen molar-refractivity contribution in [2.45, 2.75) is 13.1 Å². The van der Waals surface area contributed by atoms with Crippen molar-refractivity contribution >= 4 is 34.8 Å². The van der Waals surface area contributed by atoms with Gasteiger partial charge in [-0.3, -0.25) is 14.6 Å². The van der Waals surface area contributed by atoms with Crippen LogP contribution in [-0.2, 0) is 13.1 Å². The van der Waals surface area contributed by atoms with E-state index < -0.39 is 0 Å². The van der Waals surface area contributed by atoms with Crippen LogP contribution in [-0.4, -0.2) is 46.9 Å². The van der Waals surface area contributed by atoms with Gasteiger partial charge in [0.1, 0.15) is 6.26 Å². The molecule has 0 atom stereocenters. The molecule has 30 heavy (non-hydrogen) atoms. The molecular weight excluding hydrogens is 423 g/mol. The SMILES string of the molecule is O=C(Nc1ccc(Cl)cc1)c1coc(CN2CCN(Cc3ccc(Cl)cc3)CC2)n1. The van der Waals surface area contributed by atoms with E-state index in [4.69, 9.17) is 27.6 Å². The van der Waals surface area contributed by atoms with Crippen molar-refractivity contribution in [3.63, 3.8) is 0 Å². The first-order valence-electron chi connectivity index (χ1n) is 9.76. The molecule has 6 nitrogen and oxygen atoms in total. The fraction of sp³-hybridized carbons (Fsp3) is 0.273. The van der Waals surface area contributed by atoms with Crippen LogP contribution in [0.5, 0.6) is 0 Å². The summed E-state index contributed by atoms with van der Waals surface area (Å²) in [6.45, 7) is 5.27. The van der Waals surface area contributed by atoms with E-state index in [-0.39, 0.29) is 11.6 Å². The first kappa shape index (κ1) is 20.9. The van der Waals surface area contributed by atoms with Crippen LogP contribution < -0.4 is 5.32 Å². The minimum Gasteiger partial charge on any atom is -0.447 e. The van der Waals surface area contributed by atoms with Gasteiger partial charge in [-0.25, -0.2) is 4.98 Å². The van der Waals surface area contributed by atoms with E-state index in [0.717, 1.165) is 37.7 Å². The first-order chi connectivity index (χ1) is 14.5. The smallest absolute Gasteiger partial charge is 0.277 e. The number of nitrogens with zero attached hydrogens (tertiary/aromatic N) is 3. The molecule has 8 heteroatoms. The average Bonchev–Trinajstić information content (AvgIpc) is 3.21. The highest BCUT2D eigenvalue weighted by atomic mass is 35.5. The maximum Gasteiger partial charge on any atom is 0.277 e. The summed E-state index contributed by atoms with van der Waals surface area (Å²) in [7, 11) is 0. The number of amides is 1. The number of nitrogens with one attached hydrogen (secondary N) is 1. The van der Waals surface area contributed by atoms with Crippen LogP contribution in [0, 0.1) is 0 Å². The Labute approximate surface area is 185 Å². The third-order valence-corrected chi connectivity index (χ3v) is 5.53. The van der Waals surface area contributed by atoms with Crippen molar-refractivity contribution in [2.75, 3.05) is 31.5 Å². The molecule has 1 saturated heterocycles. The van der Waals surface area contributed by atoms with Gasteiger partial charge in [0.2, 0.25) is 5.89 Å². The fourth-order valence-corrected chi connectivity index (χ4v) is 3.61. The Kier molecular flexibility index (Phi) is 6.69. The molecule has 1 aliphatic rings. The lowest BCUT2D eigenvalue weighted by molar-refractivity contribution is 0.102. The Balaban J connectivity index is 1.25. The Morgan fingerprint density at radius 1 is 0.900 bits per heavy atom. The summed E-state index contributed by atoms with van der Waals surface area (Å²) < 4.78 is 5.52. The summed E-state index contributed by atoms with van der Waals surface area (Å²) in [6.07, 6.45) is 1.40. The van der Waals surface area contributed by atoms with E-state index in [1.54, 1.807) is 24.3 Å². The largest absolute Gasteiger partial charge is 0.447 e. The molecule has 1 aliphatic heterocycles. The van der Waals surface area contributed by atoms with E-state index in [1.807, 2.05) is 12.1 Å². The van der Waals surface area contributed by atoms with Crippen LogP contribution >= 0.6 is 23.2 Å². The number of piperazine rings is 1. The van der Waals surface area contributed by atoms with Gasteiger partial charge in [0.25, 0.3) is 5.91 Å². The van der Waals surface area contributed by atoms with Gasteiger partial charge in [0, 0.05) is 48.5 Å². The van der Waals surface area contributed by atoms with Crippen molar-refractivity contribution in [3.8, 4) is 0 Å². The van der Waals surface area contributed by atoms with Crippen LogP contribution in [0.3, 0.4) is 0 Å². The molecule has 0 bridgehead atoms. The molecule has 156 valence electrons. The second-order valence-electron chi connectivity index (χ2n) is 7.27. The predicted molar refractivity (Wildman–Crippen MR) is 118 cm³/mol. The van der Waals surface area contributed by atoms with Crippen LogP contribution in [0.1, 0.15) is 21.9 Å². The van der Waals surface area contributed by atoms with Crippen molar-refractivity contribution < 1.29 is 9.21 Å². The van der Waals surface area contributed by atoms with Gasteiger partial charge in [-0.2, -0.15) is 0 Å². The van der Waals surface area contributed by atoms with E-state index in [2.05, 4.69) is 32.2 Å². The van der Waals surface area contributed by atoms with Crippen LogP contribution in [0.4, 0.5) is 5.69 Å². The lowest BCUT2D eigenvalue weighted by atomic mass is 10.2. The number of halogens is 2.